The van der Waals surface area contributed by atoms with E-state index in [2.05, 4.69) is 13.5 Å². The lowest BCUT2D eigenvalue weighted by Crippen LogP contribution is -2.41. The van der Waals surface area contributed by atoms with Gasteiger partial charge in [0.05, 0.1) is 31.0 Å². The van der Waals surface area contributed by atoms with Crippen molar-refractivity contribution in [3.8, 4) is 0 Å². The monoisotopic (exact) mass is 594 g/mol. The van der Waals surface area contributed by atoms with Gasteiger partial charge in [-0.15, -0.1) is 0 Å². The maximum Gasteiger partial charge on any atom is 0.333 e. The van der Waals surface area contributed by atoms with Crippen LogP contribution in [0, 0.1) is 17.8 Å². The summed E-state index contributed by atoms with van der Waals surface area (Å²) in [6, 6.07) is 0. The number of rotatable bonds is 2. The zero-order valence-corrected chi connectivity index (χ0v) is 26.2. The van der Waals surface area contributed by atoms with Crippen molar-refractivity contribution in [2.45, 2.75) is 116 Å². The first kappa shape index (κ1) is 37.9. The number of Topliss-reactive ketones (excluding diaryl/α,β-unsaturated/α-hetero) is 1. The first-order chi connectivity index (χ1) is 19.7. The van der Waals surface area contributed by atoms with Crippen molar-refractivity contribution < 1.29 is 44.6 Å². The molecule has 0 unspecified atom stereocenters. The lowest BCUT2D eigenvalue weighted by molar-refractivity contribution is -0.149. The van der Waals surface area contributed by atoms with Crippen LogP contribution in [0.1, 0.15) is 79.6 Å². The standard InChI is InChI=1S/C33H54O9/c1-20-13-21(2)15-30(41-7)28(36)12-10-8-9-11-22(3)33(40)42-27(19-34)17-25(6)31(38)32(39)29(37)18-26(35)16-24(5)23(4)14-20/h10-12,14,21,24-28,30-32,34-36,38-39H,1,8-9,13,15-19H2,2-7H3/b12-10+,22-11+,23-14+/t21-,24+,25-,26+,27-,28+,30-,31+,32+/m1/s1. The molecule has 0 aromatic rings. The summed E-state index contributed by atoms with van der Waals surface area (Å²) in [6.07, 6.45) is 3.33. The number of carbonyl (C=O) groups is 2. The average molecular weight is 595 g/mol. The van der Waals surface area contributed by atoms with Crippen molar-refractivity contribution in [2.24, 2.45) is 17.8 Å². The van der Waals surface area contributed by atoms with Crippen LogP contribution in [0.2, 0.25) is 0 Å². The molecule has 0 bridgehead atoms. The van der Waals surface area contributed by atoms with E-state index in [1.807, 2.05) is 26.0 Å². The molecule has 42 heavy (non-hydrogen) atoms. The Morgan fingerprint density at radius 3 is 2.29 bits per heavy atom. The van der Waals surface area contributed by atoms with Crippen molar-refractivity contribution in [3.05, 3.63) is 47.6 Å². The van der Waals surface area contributed by atoms with Gasteiger partial charge in [-0.25, -0.2) is 4.79 Å². The SMILES string of the molecule is C=C1/C=C(\C)[C@@H](C)C[C@H](O)CC(=O)[C@H](O)[C@@H](O)[C@H](C)C[C@H](CO)OC(=O)/C(C)=C/CC/C=C/[C@H](O)[C@H](OC)C[C@H](C)C1. The minimum Gasteiger partial charge on any atom is -0.457 e. The Kier molecular flexibility index (Phi) is 17.3. The third kappa shape index (κ3) is 13.4. The van der Waals surface area contributed by atoms with E-state index in [1.54, 1.807) is 33.1 Å². The van der Waals surface area contributed by atoms with E-state index < -0.39 is 60.9 Å². The van der Waals surface area contributed by atoms with E-state index in [0.29, 0.717) is 31.3 Å². The topological polar surface area (TPSA) is 154 Å². The van der Waals surface area contributed by atoms with E-state index in [1.165, 1.54) is 0 Å². The number of ketones is 1. The van der Waals surface area contributed by atoms with Gasteiger partial charge >= 0.3 is 5.97 Å². The molecule has 240 valence electrons. The van der Waals surface area contributed by atoms with E-state index in [9.17, 15) is 35.1 Å². The molecule has 0 saturated carbocycles. The molecular weight excluding hydrogens is 540 g/mol. The fourth-order valence-corrected chi connectivity index (χ4v) is 5.16. The summed E-state index contributed by atoms with van der Waals surface area (Å²) in [5, 5.41) is 52.1. The number of esters is 1. The highest BCUT2D eigenvalue weighted by atomic mass is 16.6. The second-order valence-electron chi connectivity index (χ2n) is 12.1. The van der Waals surface area contributed by atoms with Gasteiger partial charge in [-0.3, -0.25) is 4.79 Å². The number of ether oxygens (including phenoxy) is 2. The number of carbonyl (C=O) groups excluding carboxylic acids is 2. The fourth-order valence-electron chi connectivity index (χ4n) is 5.16. The van der Waals surface area contributed by atoms with Gasteiger partial charge in [0.15, 0.2) is 5.78 Å². The summed E-state index contributed by atoms with van der Waals surface area (Å²) in [5.74, 6) is -1.86. The van der Waals surface area contributed by atoms with Crippen molar-refractivity contribution in [3.63, 3.8) is 0 Å². The van der Waals surface area contributed by atoms with E-state index in [0.717, 1.165) is 11.1 Å². The summed E-state index contributed by atoms with van der Waals surface area (Å²) in [4.78, 5) is 25.2. The summed E-state index contributed by atoms with van der Waals surface area (Å²) in [7, 11) is 1.57. The Hall–Kier alpha value is -2.14. The van der Waals surface area contributed by atoms with Crippen molar-refractivity contribution in [2.75, 3.05) is 13.7 Å². The molecule has 9 nitrogen and oxygen atoms in total. The summed E-state index contributed by atoms with van der Waals surface area (Å²) in [5.41, 5.74) is 2.26. The second kappa shape index (κ2) is 19.2. The number of aliphatic hydroxyl groups is 5. The van der Waals surface area contributed by atoms with Crippen LogP contribution in [0.25, 0.3) is 0 Å². The molecule has 1 rings (SSSR count). The molecule has 0 radical (unpaired) electrons. The van der Waals surface area contributed by atoms with E-state index in [-0.39, 0.29) is 31.1 Å². The zero-order chi connectivity index (χ0) is 32.0. The molecule has 1 aliphatic heterocycles. The summed E-state index contributed by atoms with van der Waals surface area (Å²) >= 11 is 0. The summed E-state index contributed by atoms with van der Waals surface area (Å²) < 4.78 is 10.9. The third-order valence-corrected chi connectivity index (χ3v) is 7.99. The number of hydrogen-bond acceptors (Lipinski definition) is 9. The maximum atomic E-state index is 12.7. The predicted octanol–water partition coefficient (Wildman–Crippen LogP) is 3.58. The zero-order valence-electron chi connectivity index (χ0n) is 26.2. The highest BCUT2D eigenvalue weighted by molar-refractivity contribution is 5.87. The second-order valence-corrected chi connectivity index (χ2v) is 12.1. The van der Waals surface area contributed by atoms with Crippen LogP contribution >= 0.6 is 0 Å². The normalized spacial score (nSPS) is 38.1. The quantitative estimate of drug-likeness (QED) is 0.238. The average Bonchev–Trinajstić information content (AvgIpc) is 2.93. The largest absolute Gasteiger partial charge is 0.457 e. The molecule has 0 aromatic carbocycles. The van der Waals surface area contributed by atoms with Crippen molar-refractivity contribution in [1.82, 2.24) is 0 Å². The molecule has 0 aromatic heterocycles. The Bertz CT molecular complexity index is 953. The molecule has 9 heteroatoms. The highest BCUT2D eigenvalue weighted by Crippen LogP contribution is 2.25. The molecule has 9 atom stereocenters. The first-order valence-electron chi connectivity index (χ1n) is 15.0. The van der Waals surface area contributed by atoms with Gasteiger partial charge < -0.3 is 35.0 Å². The van der Waals surface area contributed by atoms with Crippen LogP contribution in [0.4, 0.5) is 0 Å². The smallest absolute Gasteiger partial charge is 0.333 e. The first-order valence-corrected chi connectivity index (χ1v) is 15.0. The fraction of sp³-hybridized carbons (Fsp3) is 0.697. The van der Waals surface area contributed by atoms with Crippen molar-refractivity contribution >= 4 is 11.8 Å². The number of cyclic esters (lactones) is 1. The predicted molar refractivity (Wildman–Crippen MR) is 162 cm³/mol. The lowest BCUT2D eigenvalue weighted by Gasteiger charge is -2.27. The summed E-state index contributed by atoms with van der Waals surface area (Å²) in [6.45, 7) is 12.8. The number of methoxy groups -OCH3 is 1. The molecule has 0 spiro atoms. The third-order valence-electron chi connectivity index (χ3n) is 7.99. The molecule has 0 aliphatic carbocycles. The Morgan fingerprint density at radius 2 is 1.67 bits per heavy atom. The van der Waals surface area contributed by atoms with Crippen LogP contribution in [0.3, 0.4) is 0 Å². The number of allylic oxidation sites excluding steroid dienone is 5. The van der Waals surface area contributed by atoms with Crippen molar-refractivity contribution in [1.29, 1.82) is 0 Å². The molecule has 0 fully saturated rings. The minimum absolute atomic E-state index is 0.0222. The van der Waals surface area contributed by atoms with Crippen LogP contribution in [0.5, 0.6) is 0 Å². The molecule has 5 N–H and O–H groups in total. The number of aliphatic hydroxyl groups excluding tert-OH is 5. The van der Waals surface area contributed by atoms with Gasteiger partial charge in [0.2, 0.25) is 0 Å². The van der Waals surface area contributed by atoms with E-state index >= 15 is 0 Å². The van der Waals surface area contributed by atoms with Gasteiger partial charge in [0.1, 0.15) is 12.2 Å². The van der Waals surface area contributed by atoms with Gasteiger partial charge in [-0.1, -0.05) is 62.8 Å². The number of hydrogen-bond donors (Lipinski definition) is 5. The minimum atomic E-state index is -1.72. The van der Waals surface area contributed by atoms with Gasteiger partial charge in [0, 0.05) is 19.1 Å². The van der Waals surface area contributed by atoms with Gasteiger partial charge in [0.25, 0.3) is 0 Å². The molecular formula is C33H54O9. The lowest BCUT2D eigenvalue weighted by atomic mass is 9.88. The van der Waals surface area contributed by atoms with Crippen LogP contribution in [0.15, 0.2) is 47.6 Å². The molecule has 0 saturated heterocycles. The van der Waals surface area contributed by atoms with Crippen LogP contribution < -0.4 is 0 Å². The van der Waals surface area contributed by atoms with Crippen LogP contribution in [-0.4, -0.2) is 87.6 Å². The van der Waals surface area contributed by atoms with Crippen LogP contribution in [-0.2, 0) is 19.1 Å². The molecule has 1 aliphatic rings. The van der Waals surface area contributed by atoms with E-state index in [4.69, 9.17) is 9.47 Å². The van der Waals surface area contributed by atoms with Gasteiger partial charge in [-0.2, -0.15) is 0 Å². The van der Waals surface area contributed by atoms with Gasteiger partial charge in [-0.05, 0) is 70.1 Å². The Balaban J connectivity index is 3.14. The molecule has 0 amide bonds. The Morgan fingerprint density at radius 1 is 1.00 bits per heavy atom. The molecule has 1 heterocycles. The Labute approximate surface area is 251 Å². The highest BCUT2D eigenvalue weighted by Gasteiger charge is 2.32. The maximum absolute atomic E-state index is 12.7.